The number of methoxy groups -OCH3 is 1. The molecule has 126 valence electrons. The molecule has 0 unspecified atom stereocenters. The van der Waals surface area contributed by atoms with Crippen molar-refractivity contribution < 1.29 is 9.53 Å². The number of anilines is 1. The van der Waals surface area contributed by atoms with Gasteiger partial charge in [-0.2, -0.15) is 0 Å². The molecule has 2 aromatic rings. The minimum absolute atomic E-state index is 0.0781. The molecule has 1 aliphatic heterocycles. The van der Waals surface area contributed by atoms with Gasteiger partial charge in [-0.25, -0.2) is 4.98 Å². The molecule has 0 bridgehead atoms. The van der Waals surface area contributed by atoms with E-state index in [9.17, 15) is 4.79 Å². The number of nitrogens with zero attached hydrogens (tertiary/aromatic N) is 4. The number of benzene rings is 1. The summed E-state index contributed by atoms with van der Waals surface area (Å²) in [5, 5.41) is 0.603. The first kappa shape index (κ1) is 16.5. The number of aromatic nitrogens is 2. The first-order valence-corrected chi connectivity index (χ1v) is 8.16. The Bertz CT molecular complexity index is 703. The van der Waals surface area contributed by atoms with Crippen LogP contribution in [0.3, 0.4) is 0 Å². The molecule has 0 radical (unpaired) electrons. The van der Waals surface area contributed by atoms with E-state index in [0.717, 1.165) is 24.5 Å². The third-order valence-corrected chi connectivity index (χ3v) is 4.33. The van der Waals surface area contributed by atoms with Gasteiger partial charge in [-0.1, -0.05) is 11.6 Å². The molecule has 1 aromatic carbocycles. The molecule has 1 fully saturated rings. The minimum Gasteiger partial charge on any atom is -0.496 e. The molecule has 1 amide bonds. The number of hydrogen-bond donors (Lipinski definition) is 0. The molecule has 6 nitrogen and oxygen atoms in total. The standard InChI is InChI=1S/C17H19ClN4O2/c1-24-15-3-2-14(18)10-13(15)11-17(23)22-8-6-21(7-9-22)16-12-19-4-5-20-16/h2-5,10,12H,6-9,11H2,1H3. The lowest BCUT2D eigenvalue weighted by Crippen LogP contribution is -2.49. The lowest BCUT2D eigenvalue weighted by atomic mass is 10.1. The highest BCUT2D eigenvalue weighted by molar-refractivity contribution is 6.30. The lowest BCUT2D eigenvalue weighted by Gasteiger charge is -2.35. The Morgan fingerprint density at radius 2 is 2.04 bits per heavy atom. The Morgan fingerprint density at radius 3 is 2.71 bits per heavy atom. The van der Waals surface area contributed by atoms with Gasteiger partial charge in [0.25, 0.3) is 0 Å². The van der Waals surface area contributed by atoms with E-state index in [-0.39, 0.29) is 12.3 Å². The molecule has 1 aromatic heterocycles. The maximum Gasteiger partial charge on any atom is 0.227 e. The Labute approximate surface area is 146 Å². The van der Waals surface area contributed by atoms with E-state index in [2.05, 4.69) is 14.9 Å². The summed E-state index contributed by atoms with van der Waals surface area (Å²) in [6.45, 7) is 2.82. The van der Waals surface area contributed by atoms with Crippen LogP contribution < -0.4 is 9.64 Å². The quantitative estimate of drug-likeness (QED) is 0.847. The fraction of sp³-hybridized carbons (Fsp3) is 0.353. The normalized spacial score (nSPS) is 14.6. The summed E-state index contributed by atoms with van der Waals surface area (Å²) in [5.74, 6) is 1.61. The third kappa shape index (κ3) is 3.76. The molecule has 24 heavy (non-hydrogen) atoms. The Kier molecular flexibility index (Phi) is 5.15. The highest BCUT2D eigenvalue weighted by Crippen LogP contribution is 2.24. The molecule has 0 aliphatic carbocycles. The van der Waals surface area contributed by atoms with Crippen LogP contribution in [0.1, 0.15) is 5.56 Å². The van der Waals surface area contributed by atoms with E-state index in [0.29, 0.717) is 23.9 Å². The summed E-state index contributed by atoms with van der Waals surface area (Å²) < 4.78 is 5.31. The van der Waals surface area contributed by atoms with Crippen LogP contribution in [0.4, 0.5) is 5.82 Å². The molecule has 7 heteroatoms. The van der Waals surface area contributed by atoms with Crippen LogP contribution in [-0.2, 0) is 11.2 Å². The number of halogens is 1. The molecule has 1 aliphatic rings. The van der Waals surface area contributed by atoms with E-state index < -0.39 is 0 Å². The van der Waals surface area contributed by atoms with Gasteiger partial charge in [0.2, 0.25) is 5.91 Å². The fourth-order valence-corrected chi connectivity index (χ4v) is 2.99. The largest absolute Gasteiger partial charge is 0.496 e. The summed E-state index contributed by atoms with van der Waals surface area (Å²) in [6, 6.07) is 5.33. The van der Waals surface area contributed by atoms with E-state index >= 15 is 0 Å². The predicted molar refractivity (Wildman–Crippen MR) is 92.5 cm³/mol. The second-order valence-corrected chi connectivity index (χ2v) is 6.00. The van der Waals surface area contributed by atoms with Crippen molar-refractivity contribution in [1.82, 2.24) is 14.9 Å². The van der Waals surface area contributed by atoms with Gasteiger partial charge < -0.3 is 14.5 Å². The first-order valence-electron chi connectivity index (χ1n) is 7.78. The van der Waals surface area contributed by atoms with Gasteiger partial charge in [0.15, 0.2) is 0 Å². The minimum atomic E-state index is 0.0781. The van der Waals surface area contributed by atoms with Crippen molar-refractivity contribution in [3.8, 4) is 5.75 Å². The number of carbonyl (C=O) groups is 1. The van der Waals surface area contributed by atoms with Crippen LogP contribution in [0.25, 0.3) is 0 Å². The Hall–Kier alpha value is -2.34. The molecule has 0 spiro atoms. The topological polar surface area (TPSA) is 58.6 Å². The number of amides is 1. The molecule has 0 atom stereocenters. The van der Waals surface area contributed by atoms with Gasteiger partial charge in [0.1, 0.15) is 11.6 Å². The third-order valence-electron chi connectivity index (χ3n) is 4.09. The molecular weight excluding hydrogens is 328 g/mol. The van der Waals surface area contributed by atoms with Gasteiger partial charge >= 0.3 is 0 Å². The van der Waals surface area contributed by atoms with Gasteiger partial charge in [-0.3, -0.25) is 9.78 Å². The maximum atomic E-state index is 12.6. The highest BCUT2D eigenvalue weighted by Gasteiger charge is 2.22. The van der Waals surface area contributed by atoms with Crippen LogP contribution in [0.15, 0.2) is 36.8 Å². The molecule has 0 saturated carbocycles. The Balaban J connectivity index is 1.61. The average molecular weight is 347 g/mol. The van der Waals surface area contributed by atoms with E-state index in [1.165, 1.54) is 0 Å². The summed E-state index contributed by atoms with van der Waals surface area (Å²) in [4.78, 5) is 25.0. The van der Waals surface area contributed by atoms with Gasteiger partial charge in [-0.15, -0.1) is 0 Å². The smallest absolute Gasteiger partial charge is 0.227 e. The summed E-state index contributed by atoms with van der Waals surface area (Å²) in [5.41, 5.74) is 0.811. The van der Waals surface area contributed by atoms with E-state index in [1.807, 2.05) is 4.90 Å². The van der Waals surface area contributed by atoms with Crippen LogP contribution in [0, 0.1) is 0 Å². The predicted octanol–water partition coefficient (Wildman–Crippen LogP) is 2.03. The number of rotatable bonds is 4. The zero-order valence-electron chi connectivity index (χ0n) is 13.5. The first-order chi connectivity index (χ1) is 11.7. The molecule has 3 rings (SSSR count). The molecule has 1 saturated heterocycles. The zero-order chi connectivity index (χ0) is 16.9. The van der Waals surface area contributed by atoms with Gasteiger partial charge in [0, 0.05) is 49.2 Å². The van der Waals surface area contributed by atoms with Crippen molar-refractivity contribution in [3.05, 3.63) is 47.4 Å². The maximum absolute atomic E-state index is 12.6. The second kappa shape index (κ2) is 7.49. The van der Waals surface area contributed by atoms with Crippen LogP contribution in [-0.4, -0.2) is 54.1 Å². The molecular formula is C17H19ClN4O2. The van der Waals surface area contributed by atoms with Crippen LogP contribution >= 0.6 is 11.6 Å². The van der Waals surface area contributed by atoms with Crippen molar-refractivity contribution in [3.63, 3.8) is 0 Å². The highest BCUT2D eigenvalue weighted by atomic mass is 35.5. The number of carbonyl (C=O) groups excluding carboxylic acids is 1. The van der Waals surface area contributed by atoms with Crippen molar-refractivity contribution in [2.45, 2.75) is 6.42 Å². The fourth-order valence-electron chi connectivity index (χ4n) is 2.80. The SMILES string of the molecule is COc1ccc(Cl)cc1CC(=O)N1CCN(c2cnccn2)CC1. The number of hydrogen-bond acceptors (Lipinski definition) is 5. The van der Waals surface area contributed by atoms with Crippen molar-refractivity contribution in [2.75, 3.05) is 38.2 Å². The molecule has 0 N–H and O–H groups in total. The summed E-state index contributed by atoms with van der Waals surface area (Å²) >= 11 is 6.03. The number of ether oxygens (including phenoxy) is 1. The van der Waals surface area contributed by atoms with Crippen LogP contribution in [0.5, 0.6) is 5.75 Å². The summed E-state index contributed by atoms with van der Waals surface area (Å²) in [7, 11) is 1.59. The van der Waals surface area contributed by atoms with Crippen molar-refractivity contribution in [1.29, 1.82) is 0 Å². The van der Waals surface area contributed by atoms with E-state index in [1.54, 1.807) is 43.9 Å². The zero-order valence-corrected chi connectivity index (χ0v) is 14.2. The monoisotopic (exact) mass is 346 g/mol. The van der Waals surface area contributed by atoms with Crippen molar-refractivity contribution in [2.24, 2.45) is 0 Å². The number of piperazine rings is 1. The summed E-state index contributed by atoms with van der Waals surface area (Å²) in [6.07, 6.45) is 5.36. The lowest BCUT2D eigenvalue weighted by molar-refractivity contribution is -0.130. The average Bonchev–Trinajstić information content (AvgIpc) is 2.63. The van der Waals surface area contributed by atoms with Crippen molar-refractivity contribution >= 4 is 23.3 Å². The second-order valence-electron chi connectivity index (χ2n) is 5.56. The van der Waals surface area contributed by atoms with E-state index in [4.69, 9.17) is 16.3 Å². The Morgan fingerprint density at radius 1 is 1.25 bits per heavy atom. The van der Waals surface area contributed by atoms with Crippen LogP contribution in [0.2, 0.25) is 5.02 Å². The van der Waals surface area contributed by atoms with Gasteiger partial charge in [0.05, 0.1) is 19.7 Å². The van der Waals surface area contributed by atoms with Gasteiger partial charge in [-0.05, 0) is 18.2 Å². The molecule has 2 heterocycles.